The van der Waals surface area contributed by atoms with E-state index in [9.17, 15) is 4.79 Å². The summed E-state index contributed by atoms with van der Waals surface area (Å²) in [6.07, 6.45) is 1.30. The first-order chi connectivity index (χ1) is 8.15. The average molecular weight is 232 g/mol. The number of benzene rings is 1. The molecule has 1 aromatic heterocycles. The molecule has 1 aromatic carbocycles. The molecule has 1 heterocycles. The molecule has 6 heteroatoms. The van der Waals surface area contributed by atoms with Gasteiger partial charge in [0.15, 0.2) is 0 Å². The smallest absolute Gasteiger partial charge is 0.290 e. The molecule has 2 aromatic rings. The largest absolute Gasteiger partial charge is 0.399 e. The van der Waals surface area contributed by atoms with E-state index in [0.717, 1.165) is 17.7 Å². The summed E-state index contributed by atoms with van der Waals surface area (Å²) in [5.41, 5.74) is 12.4. The van der Waals surface area contributed by atoms with Crippen molar-refractivity contribution >= 4 is 11.6 Å². The summed E-state index contributed by atoms with van der Waals surface area (Å²) in [5.74, 6) is -0.375. The fourth-order valence-corrected chi connectivity index (χ4v) is 1.39. The number of nitrogens with two attached hydrogens (primary N) is 2. The molecule has 1 amide bonds. The molecule has 6 nitrogen and oxygen atoms in total. The molecule has 0 aliphatic carbocycles. The van der Waals surface area contributed by atoms with Gasteiger partial charge >= 0.3 is 0 Å². The number of aromatic nitrogens is 2. The Morgan fingerprint density at radius 3 is 2.53 bits per heavy atom. The minimum atomic E-state index is -0.688. The van der Waals surface area contributed by atoms with Crippen LogP contribution in [0.25, 0.3) is 0 Å². The van der Waals surface area contributed by atoms with E-state index < -0.39 is 5.91 Å². The third-order valence-electron chi connectivity index (χ3n) is 2.30. The highest BCUT2D eigenvalue weighted by Crippen LogP contribution is 2.09. The molecule has 0 bridgehead atoms. The minimum Gasteiger partial charge on any atom is -0.399 e. The zero-order valence-electron chi connectivity index (χ0n) is 9.09. The molecule has 17 heavy (non-hydrogen) atoms. The summed E-state index contributed by atoms with van der Waals surface area (Å²) in [5, 5.41) is 3.46. The van der Waals surface area contributed by atoms with Crippen molar-refractivity contribution in [2.45, 2.75) is 12.8 Å². The normalized spacial score (nSPS) is 10.4. The third-order valence-corrected chi connectivity index (χ3v) is 2.30. The molecule has 0 saturated heterocycles. The maximum absolute atomic E-state index is 10.7. The van der Waals surface area contributed by atoms with Crippen LogP contribution in [0.5, 0.6) is 0 Å². The van der Waals surface area contributed by atoms with Gasteiger partial charge in [-0.05, 0) is 24.1 Å². The number of hydrogen-bond donors (Lipinski definition) is 2. The van der Waals surface area contributed by atoms with Crippen LogP contribution in [0.4, 0.5) is 5.69 Å². The van der Waals surface area contributed by atoms with E-state index in [2.05, 4.69) is 10.1 Å². The lowest BCUT2D eigenvalue weighted by atomic mass is 10.1. The van der Waals surface area contributed by atoms with Gasteiger partial charge in [0.2, 0.25) is 5.89 Å². The van der Waals surface area contributed by atoms with Crippen LogP contribution in [0.2, 0.25) is 0 Å². The number of carbonyl (C=O) groups excluding carboxylic acids is 1. The first kappa shape index (κ1) is 11.1. The van der Waals surface area contributed by atoms with Crippen LogP contribution in [0.1, 0.15) is 22.1 Å². The van der Waals surface area contributed by atoms with Crippen molar-refractivity contribution in [3.63, 3.8) is 0 Å². The Labute approximate surface area is 97.6 Å². The second kappa shape index (κ2) is 4.65. The quantitative estimate of drug-likeness (QED) is 0.748. The van der Waals surface area contributed by atoms with Gasteiger partial charge in [-0.3, -0.25) is 4.79 Å². The van der Waals surface area contributed by atoms with Crippen LogP contribution in [0.3, 0.4) is 0 Å². The number of hydrogen-bond acceptors (Lipinski definition) is 5. The fraction of sp³-hybridized carbons (Fsp3) is 0.182. The monoisotopic (exact) mass is 232 g/mol. The topological polar surface area (TPSA) is 108 Å². The second-order valence-corrected chi connectivity index (χ2v) is 3.62. The maximum Gasteiger partial charge on any atom is 0.290 e. The van der Waals surface area contributed by atoms with Crippen molar-refractivity contribution < 1.29 is 9.32 Å². The van der Waals surface area contributed by atoms with Gasteiger partial charge in [-0.25, -0.2) is 0 Å². The number of primary amides is 1. The number of rotatable bonds is 4. The number of nitrogens with zero attached hydrogens (tertiary/aromatic N) is 2. The number of anilines is 1. The molecule has 88 valence electrons. The standard InChI is InChI=1S/C11H12N4O2/c12-8-4-1-7(2-5-8)3-6-9-14-11(10(13)16)15-17-9/h1-2,4-5H,3,6,12H2,(H2,13,16). The lowest BCUT2D eigenvalue weighted by molar-refractivity contribution is 0.0987. The average Bonchev–Trinajstić information content (AvgIpc) is 2.77. The lowest BCUT2D eigenvalue weighted by Crippen LogP contribution is -2.12. The molecule has 0 aliphatic heterocycles. The summed E-state index contributed by atoms with van der Waals surface area (Å²) >= 11 is 0. The highest BCUT2D eigenvalue weighted by Gasteiger charge is 2.10. The van der Waals surface area contributed by atoms with Gasteiger partial charge in [-0.2, -0.15) is 4.98 Å². The molecule has 4 N–H and O–H groups in total. The van der Waals surface area contributed by atoms with Crippen molar-refractivity contribution in [1.29, 1.82) is 0 Å². The van der Waals surface area contributed by atoms with Crippen molar-refractivity contribution in [2.75, 3.05) is 5.73 Å². The van der Waals surface area contributed by atoms with Gasteiger partial charge < -0.3 is 16.0 Å². The Morgan fingerprint density at radius 2 is 1.94 bits per heavy atom. The zero-order chi connectivity index (χ0) is 12.3. The van der Waals surface area contributed by atoms with Crippen molar-refractivity contribution in [2.24, 2.45) is 5.73 Å². The molecule has 0 aliphatic rings. The van der Waals surface area contributed by atoms with Crippen LogP contribution in [-0.2, 0) is 12.8 Å². The molecule has 0 saturated carbocycles. The Bertz CT molecular complexity index is 519. The molecule has 0 radical (unpaired) electrons. The molecule has 2 rings (SSSR count). The summed E-state index contributed by atoms with van der Waals surface area (Å²) in [6.45, 7) is 0. The van der Waals surface area contributed by atoms with Gasteiger partial charge in [0.05, 0.1) is 0 Å². The van der Waals surface area contributed by atoms with Gasteiger partial charge in [-0.15, -0.1) is 0 Å². The predicted octanol–water partition coefficient (Wildman–Crippen LogP) is 0.536. The molecule has 0 unspecified atom stereocenters. The van der Waals surface area contributed by atoms with Gasteiger partial charge in [0.25, 0.3) is 11.7 Å². The van der Waals surface area contributed by atoms with Crippen LogP contribution in [0, 0.1) is 0 Å². The number of nitrogen functional groups attached to an aromatic ring is 1. The van der Waals surface area contributed by atoms with Gasteiger partial charge in [-0.1, -0.05) is 17.3 Å². The first-order valence-corrected chi connectivity index (χ1v) is 5.12. The molecule has 0 spiro atoms. The van der Waals surface area contributed by atoms with E-state index in [0.29, 0.717) is 12.3 Å². The van der Waals surface area contributed by atoms with Crippen molar-refractivity contribution in [3.05, 3.63) is 41.5 Å². The van der Waals surface area contributed by atoms with E-state index in [1.54, 1.807) is 0 Å². The highest BCUT2D eigenvalue weighted by atomic mass is 16.5. The fourth-order valence-electron chi connectivity index (χ4n) is 1.39. The third kappa shape index (κ3) is 2.81. The Hall–Kier alpha value is -2.37. The summed E-state index contributed by atoms with van der Waals surface area (Å²) in [6, 6.07) is 7.53. The summed E-state index contributed by atoms with van der Waals surface area (Å²) in [7, 11) is 0. The molecule has 0 atom stereocenters. The number of aryl methyl sites for hydroxylation is 2. The minimum absolute atomic E-state index is 0.0858. The van der Waals surface area contributed by atoms with Crippen LogP contribution in [0.15, 0.2) is 28.8 Å². The lowest BCUT2D eigenvalue weighted by Gasteiger charge is -1.98. The zero-order valence-corrected chi connectivity index (χ0v) is 9.09. The number of amides is 1. The van der Waals surface area contributed by atoms with Crippen molar-refractivity contribution in [3.8, 4) is 0 Å². The van der Waals surface area contributed by atoms with E-state index in [-0.39, 0.29) is 5.82 Å². The van der Waals surface area contributed by atoms with Crippen LogP contribution in [-0.4, -0.2) is 16.0 Å². The molecule has 0 fully saturated rings. The maximum atomic E-state index is 10.7. The van der Waals surface area contributed by atoms with Crippen LogP contribution >= 0.6 is 0 Å². The summed E-state index contributed by atoms with van der Waals surface area (Å²) < 4.78 is 4.88. The highest BCUT2D eigenvalue weighted by molar-refractivity contribution is 5.88. The van der Waals surface area contributed by atoms with E-state index >= 15 is 0 Å². The van der Waals surface area contributed by atoms with E-state index in [4.69, 9.17) is 16.0 Å². The SMILES string of the molecule is NC(=O)c1noc(CCc2ccc(N)cc2)n1. The van der Waals surface area contributed by atoms with E-state index in [1.165, 1.54) is 0 Å². The van der Waals surface area contributed by atoms with Gasteiger partial charge in [0.1, 0.15) is 0 Å². The molecular formula is C11H12N4O2. The van der Waals surface area contributed by atoms with Crippen LogP contribution < -0.4 is 11.5 Å². The van der Waals surface area contributed by atoms with Gasteiger partial charge in [0, 0.05) is 12.1 Å². The Balaban J connectivity index is 1.97. The summed E-state index contributed by atoms with van der Waals surface area (Å²) in [4.78, 5) is 14.6. The first-order valence-electron chi connectivity index (χ1n) is 5.12. The van der Waals surface area contributed by atoms with Crippen molar-refractivity contribution in [1.82, 2.24) is 10.1 Å². The predicted molar refractivity (Wildman–Crippen MR) is 61.1 cm³/mol. The second-order valence-electron chi connectivity index (χ2n) is 3.62. The Kier molecular flexibility index (Phi) is 3.04. The van der Waals surface area contributed by atoms with E-state index in [1.807, 2.05) is 24.3 Å². The molecular weight excluding hydrogens is 220 g/mol. The number of carbonyl (C=O) groups is 1. The Morgan fingerprint density at radius 1 is 1.24 bits per heavy atom.